The zero-order valence-electron chi connectivity index (χ0n) is 21.2. The van der Waals surface area contributed by atoms with E-state index in [0.29, 0.717) is 38.7 Å². The van der Waals surface area contributed by atoms with Crippen molar-refractivity contribution in [1.29, 1.82) is 0 Å². The first kappa shape index (κ1) is 24.7. The van der Waals surface area contributed by atoms with E-state index in [0.717, 1.165) is 84.9 Å². The Hall–Kier alpha value is -0.970. The van der Waals surface area contributed by atoms with Gasteiger partial charge in [-0.1, -0.05) is 0 Å². The van der Waals surface area contributed by atoms with E-state index in [1.807, 2.05) is 12.1 Å². The van der Waals surface area contributed by atoms with E-state index in [1.54, 1.807) is 12.1 Å². The molecule has 0 amide bonds. The Kier molecular flexibility index (Phi) is 6.22. The number of Topliss-reactive ketones (excluding diaryl/α,β-unsaturated/α-hetero) is 2. The van der Waals surface area contributed by atoms with Crippen molar-refractivity contribution in [3.05, 3.63) is 35.4 Å². The molecule has 1 aromatic carbocycles. The van der Waals surface area contributed by atoms with E-state index in [-0.39, 0.29) is 22.5 Å². The van der Waals surface area contributed by atoms with Crippen LogP contribution in [0.5, 0.6) is 0 Å². The van der Waals surface area contributed by atoms with E-state index in [1.165, 1.54) is 0 Å². The van der Waals surface area contributed by atoms with Gasteiger partial charge in [0, 0.05) is 0 Å². The van der Waals surface area contributed by atoms with Crippen LogP contribution in [-0.4, -0.2) is 50.6 Å². The number of benzene rings is 1. The molecule has 0 spiro atoms. The molecule has 0 aromatic heterocycles. The van der Waals surface area contributed by atoms with E-state index >= 15 is 0 Å². The standard InChI is InChI=1S/C29H37O4.Na/c1-17-16-27(3)19(15-25(17)31)9-10-20-22(27)11-13-28(4)23(20)12-14-29(28,18(2)30)24-8-6-5-7-21(24)26(32)33;/h5-8,17,19-20,22-23H,2,9-16H2,1,3-4H3,(H,32,33);/t17?,19-,20-,22+,23+,27+,28+,29-;/m1./s1. The summed E-state index contributed by atoms with van der Waals surface area (Å²) in [6, 6.07) is 7.32. The molecule has 4 saturated carbocycles. The fourth-order valence-corrected chi connectivity index (χ4v) is 10.4. The Morgan fingerprint density at radius 3 is 2.47 bits per heavy atom. The van der Waals surface area contributed by atoms with Gasteiger partial charge in [-0.25, -0.2) is 0 Å². The van der Waals surface area contributed by atoms with Gasteiger partial charge in [-0.3, -0.25) is 0 Å². The zero-order valence-corrected chi connectivity index (χ0v) is 23.2. The fraction of sp³-hybridized carbons (Fsp3) is 0.690. The van der Waals surface area contributed by atoms with Crippen molar-refractivity contribution < 1.29 is 19.5 Å². The number of ketones is 2. The molecule has 1 unspecified atom stereocenters. The van der Waals surface area contributed by atoms with Crippen molar-refractivity contribution in [3.63, 3.8) is 0 Å². The normalized spacial score (nSPS) is 43.6. The molecule has 0 radical (unpaired) electrons. The van der Waals surface area contributed by atoms with Crippen LogP contribution in [0.2, 0.25) is 3.67 Å². The van der Waals surface area contributed by atoms with Crippen molar-refractivity contribution in [2.75, 3.05) is 0 Å². The van der Waals surface area contributed by atoms with Gasteiger partial charge in [0.2, 0.25) is 0 Å². The van der Waals surface area contributed by atoms with Crippen LogP contribution in [0.25, 0.3) is 0 Å². The number of carbonyl (C=O) groups is 3. The Balaban J connectivity index is 1.58. The van der Waals surface area contributed by atoms with Crippen LogP contribution in [0.1, 0.15) is 88.1 Å². The predicted molar refractivity (Wildman–Crippen MR) is 132 cm³/mol. The number of hydrogen-bond acceptors (Lipinski definition) is 3. The first-order valence-corrected chi connectivity index (χ1v) is 14.9. The molecule has 34 heavy (non-hydrogen) atoms. The molecule has 0 heterocycles. The van der Waals surface area contributed by atoms with Crippen molar-refractivity contribution in [2.45, 2.75) is 81.2 Å². The number of carboxylic acid groups (broad SMARTS) is 1. The second-order valence-corrected chi connectivity index (χ2v) is 13.2. The monoisotopic (exact) mass is 472 g/mol. The SMILES string of the molecule is CC1C[C@@]2(C)[C@H](CC[C@@H]3[C@@H]2CC[C@@]2(C)[C@H]3CC[C@@]2(C(=O)[CH2][Na])c2ccccc2C(=O)O)CC1=O. The van der Waals surface area contributed by atoms with Gasteiger partial charge >= 0.3 is 222 Å². The number of carbonyl (C=O) groups excluding carboxylic acids is 2. The summed E-state index contributed by atoms with van der Waals surface area (Å²) < 4.78 is 0.573. The summed E-state index contributed by atoms with van der Waals surface area (Å²) in [5.74, 6) is 2.07. The average Bonchev–Trinajstić information content (AvgIpc) is 3.13. The van der Waals surface area contributed by atoms with Gasteiger partial charge in [0.25, 0.3) is 0 Å². The molecule has 4 nitrogen and oxygen atoms in total. The molecule has 4 aliphatic rings. The van der Waals surface area contributed by atoms with Crippen LogP contribution in [-0.2, 0) is 15.0 Å². The predicted octanol–water partition coefficient (Wildman–Crippen LogP) is 5.64. The van der Waals surface area contributed by atoms with Gasteiger partial charge in [0.15, 0.2) is 0 Å². The first-order chi connectivity index (χ1) is 16.1. The number of hydrogen-bond donors (Lipinski definition) is 1. The second kappa shape index (κ2) is 8.56. The molecule has 0 saturated heterocycles. The quantitative estimate of drug-likeness (QED) is 0.576. The van der Waals surface area contributed by atoms with Gasteiger partial charge in [-0.2, -0.15) is 0 Å². The molecule has 4 aliphatic carbocycles. The Morgan fingerprint density at radius 2 is 1.76 bits per heavy atom. The maximum absolute atomic E-state index is 13.9. The molecule has 0 bridgehead atoms. The Morgan fingerprint density at radius 1 is 1.06 bits per heavy atom. The summed E-state index contributed by atoms with van der Waals surface area (Å²) >= 11 is 0.797. The minimum atomic E-state index is -0.925. The first-order valence-electron chi connectivity index (χ1n) is 13.5. The molecule has 5 heteroatoms. The van der Waals surface area contributed by atoms with Crippen LogP contribution in [0.3, 0.4) is 0 Å². The van der Waals surface area contributed by atoms with Crippen molar-refractivity contribution in [1.82, 2.24) is 0 Å². The molecule has 1 aromatic rings. The van der Waals surface area contributed by atoms with Crippen molar-refractivity contribution in [2.24, 2.45) is 40.4 Å². The molecule has 0 aliphatic heterocycles. The third kappa shape index (κ3) is 3.23. The summed E-state index contributed by atoms with van der Waals surface area (Å²) in [7, 11) is 0. The Labute approximate surface area is 221 Å². The van der Waals surface area contributed by atoms with Gasteiger partial charge in [0.05, 0.1) is 0 Å². The molecular formula is C29H37NaO4. The molecule has 8 atom stereocenters. The number of rotatable bonds is 4. The third-order valence-corrected chi connectivity index (χ3v) is 12.1. The molecular weight excluding hydrogens is 435 g/mol. The topological polar surface area (TPSA) is 71.4 Å². The van der Waals surface area contributed by atoms with Crippen LogP contribution < -0.4 is 0 Å². The van der Waals surface area contributed by atoms with Gasteiger partial charge in [-0.15, -0.1) is 0 Å². The van der Waals surface area contributed by atoms with E-state index < -0.39 is 11.4 Å². The molecule has 178 valence electrons. The summed E-state index contributed by atoms with van der Waals surface area (Å²) in [5.41, 5.74) is 0.394. The average molecular weight is 473 g/mol. The van der Waals surface area contributed by atoms with Gasteiger partial charge in [0.1, 0.15) is 0 Å². The molecule has 1 N–H and O–H groups in total. The van der Waals surface area contributed by atoms with E-state index in [4.69, 9.17) is 0 Å². The molecule has 4 fully saturated rings. The number of carboxylic acids is 1. The number of aromatic carboxylic acids is 1. The number of fused-ring (bicyclic) bond motifs is 5. The Bertz CT molecular complexity index is 1030. The van der Waals surface area contributed by atoms with Crippen LogP contribution in [0, 0.1) is 40.4 Å². The molecule has 5 rings (SSSR count). The van der Waals surface area contributed by atoms with Crippen LogP contribution >= 0.6 is 0 Å². The second-order valence-electron chi connectivity index (χ2n) is 12.5. The van der Waals surface area contributed by atoms with Crippen LogP contribution in [0.4, 0.5) is 0 Å². The minimum absolute atomic E-state index is 0.157. The zero-order chi connectivity index (χ0) is 24.5. The fourth-order valence-electron chi connectivity index (χ4n) is 9.84. The maximum atomic E-state index is 13.9. The van der Waals surface area contributed by atoms with Crippen molar-refractivity contribution >= 4 is 45.5 Å². The summed E-state index contributed by atoms with van der Waals surface area (Å²) in [5, 5.41) is 10.0. The summed E-state index contributed by atoms with van der Waals surface area (Å²) in [4.78, 5) is 38.7. The van der Waals surface area contributed by atoms with E-state index in [9.17, 15) is 19.5 Å². The van der Waals surface area contributed by atoms with Gasteiger partial charge in [-0.05, 0) is 0 Å². The van der Waals surface area contributed by atoms with Crippen LogP contribution in [0.15, 0.2) is 24.3 Å². The van der Waals surface area contributed by atoms with E-state index in [2.05, 4.69) is 20.8 Å². The van der Waals surface area contributed by atoms with Crippen molar-refractivity contribution in [3.8, 4) is 0 Å². The van der Waals surface area contributed by atoms with Gasteiger partial charge < -0.3 is 0 Å². The summed E-state index contributed by atoms with van der Waals surface area (Å²) in [6.07, 6.45) is 7.88. The summed E-state index contributed by atoms with van der Waals surface area (Å²) in [6.45, 7) is 6.91. The third-order valence-electron chi connectivity index (χ3n) is 11.4.